The molecule has 0 aliphatic carbocycles. The number of hydrogen-bond acceptors (Lipinski definition) is 2. The first-order valence-corrected chi connectivity index (χ1v) is 3.15. The second kappa shape index (κ2) is 3.01. The first-order chi connectivity index (χ1) is 4.86. The summed E-state index contributed by atoms with van der Waals surface area (Å²) in [6, 6.07) is 7.71. The van der Waals surface area contributed by atoms with Gasteiger partial charge in [-0.25, -0.2) is 0 Å². The highest BCUT2D eigenvalue weighted by Gasteiger charge is 1.87. The van der Waals surface area contributed by atoms with Crippen LogP contribution in [0.3, 0.4) is 0 Å². The van der Waals surface area contributed by atoms with E-state index in [1.165, 1.54) is 6.21 Å². The van der Waals surface area contributed by atoms with Gasteiger partial charge < -0.3 is 10.7 Å². The SMILES string of the molecule is CNc1cccc(C=N)c1. The lowest BCUT2D eigenvalue weighted by atomic mass is 10.2. The summed E-state index contributed by atoms with van der Waals surface area (Å²) in [7, 11) is 1.86. The van der Waals surface area contributed by atoms with E-state index < -0.39 is 0 Å². The summed E-state index contributed by atoms with van der Waals surface area (Å²) in [4.78, 5) is 0. The van der Waals surface area contributed by atoms with Gasteiger partial charge in [0.2, 0.25) is 0 Å². The van der Waals surface area contributed by atoms with E-state index in [1.807, 2.05) is 31.3 Å². The van der Waals surface area contributed by atoms with Crippen molar-refractivity contribution in [1.29, 1.82) is 5.41 Å². The minimum absolute atomic E-state index is 0.923. The first-order valence-electron chi connectivity index (χ1n) is 3.15. The fourth-order valence-electron chi connectivity index (χ4n) is 0.784. The molecule has 2 N–H and O–H groups in total. The summed E-state index contributed by atoms with van der Waals surface area (Å²) in [6.45, 7) is 0. The molecule has 0 bridgehead atoms. The quantitative estimate of drug-likeness (QED) is 0.593. The average Bonchev–Trinajstić information content (AvgIpc) is 2.05. The largest absolute Gasteiger partial charge is 0.388 e. The Morgan fingerprint density at radius 1 is 1.50 bits per heavy atom. The number of nitrogens with one attached hydrogen (secondary N) is 2. The van der Waals surface area contributed by atoms with Gasteiger partial charge >= 0.3 is 0 Å². The maximum Gasteiger partial charge on any atom is 0.0344 e. The van der Waals surface area contributed by atoms with E-state index in [4.69, 9.17) is 5.41 Å². The molecule has 0 saturated carbocycles. The molecule has 52 valence electrons. The van der Waals surface area contributed by atoms with Gasteiger partial charge in [-0.3, -0.25) is 0 Å². The van der Waals surface area contributed by atoms with Crippen LogP contribution in [0.4, 0.5) is 5.69 Å². The van der Waals surface area contributed by atoms with Crippen molar-refractivity contribution in [2.75, 3.05) is 12.4 Å². The van der Waals surface area contributed by atoms with E-state index in [0.717, 1.165) is 11.3 Å². The van der Waals surface area contributed by atoms with Crippen molar-refractivity contribution >= 4 is 11.9 Å². The van der Waals surface area contributed by atoms with Gasteiger partial charge in [0, 0.05) is 18.9 Å². The predicted molar refractivity (Wildman–Crippen MR) is 43.9 cm³/mol. The standard InChI is InChI=1S/C8H10N2/c1-10-8-4-2-3-7(5-8)6-9/h2-6,9-10H,1H3. The minimum atomic E-state index is 0.923. The molecule has 1 rings (SSSR count). The highest BCUT2D eigenvalue weighted by molar-refractivity contribution is 5.78. The Labute approximate surface area is 60.4 Å². The molecule has 0 aliphatic rings. The average molecular weight is 134 g/mol. The first kappa shape index (κ1) is 6.81. The van der Waals surface area contributed by atoms with Gasteiger partial charge in [-0.05, 0) is 17.7 Å². The third-order valence-electron chi connectivity index (χ3n) is 1.34. The zero-order valence-corrected chi connectivity index (χ0v) is 5.89. The van der Waals surface area contributed by atoms with Crippen LogP contribution in [-0.2, 0) is 0 Å². The summed E-state index contributed by atoms with van der Waals surface area (Å²) >= 11 is 0. The van der Waals surface area contributed by atoms with Gasteiger partial charge in [0.05, 0.1) is 0 Å². The lowest BCUT2D eigenvalue weighted by molar-refractivity contribution is 1.49. The molecule has 0 fully saturated rings. The molecule has 0 heterocycles. The predicted octanol–water partition coefficient (Wildman–Crippen LogP) is 1.73. The molecule has 2 nitrogen and oxygen atoms in total. The van der Waals surface area contributed by atoms with E-state index in [-0.39, 0.29) is 0 Å². The molecule has 2 heteroatoms. The molecule has 0 spiro atoms. The van der Waals surface area contributed by atoms with Crippen LogP contribution in [0.2, 0.25) is 0 Å². The smallest absolute Gasteiger partial charge is 0.0344 e. The zero-order chi connectivity index (χ0) is 7.40. The van der Waals surface area contributed by atoms with Crippen molar-refractivity contribution in [2.45, 2.75) is 0 Å². The maximum absolute atomic E-state index is 6.96. The van der Waals surface area contributed by atoms with Crippen LogP contribution in [0, 0.1) is 5.41 Å². The van der Waals surface area contributed by atoms with Crippen LogP contribution in [0.15, 0.2) is 24.3 Å². The lowest BCUT2D eigenvalue weighted by Crippen LogP contribution is -1.88. The summed E-state index contributed by atoms with van der Waals surface area (Å²) in [5.74, 6) is 0. The van der Waals surface area contributed by atoms with Crippen LogP contribution in [0.25, 0.3) is 0 Å². The minimum Gasteiger partial charge on any atom is -0.388 e. The fraction of sp³-hybridized carbons (Fsp3) is 0.125. The molecule has 0 amide bonds. The molecule has 0 unspecified atom stereocenters. The van der Waals surface area contributed by atoms with E-state index in [9.17, 15) is 0 Å². The van der Waals surface area contributed by atoms with Crippen molar-refractivity contribution in [3.8, 4) is 0 Å². The number of rotatable bonds is 2. The zero-order valence-electron chi connectivity index (χ0n) is 5.89. The van der Waals surface area contributed by atoms with Crippen molar-refractivity contribution in [2.24, 2.45) is 0 Å². The van der Waals surface area contributed by atoms with Gasteiger partial charge in [-0.15, -0.1) is 0 Å². The monoisotopic (exact) mass is 134 g/mol. The van der Waals surface area contributed by atoms with Crippen LogP contribution >= 0.6 is 0 Å². The molecule has 0 aliphatic heterocycles. The van der Waals surface area contributed by atoms with Crippen LogP contribution < -0.4 is 5.32 Å². The highest BCUT2D eigenvalue weighted by Crippen LogP contribution is 2.06. The maximum atomic E-state index is 6.96. The number of hydrogen-bond donors (Lipinski definition) is 2. The Bertz CT molecular complexity index is 230. The fourth-order valence-corrected chi connectivity index (χ4v) is 0.784. The van der Waals surface area contributed by atoms with Crippen molar-refractivity contribution in [1.82, 2.24) is 0 Å². The normalized spacial score (nSPS) is 8.90. The van der Waals surface area contributed by atoms with Crippen LogP contribution in [0.1, 0.15) is 5.56 Å². The molecular formula is C8H10N2. The van der Waals surface area contributed by atoms with Gasteiger partial charge in [-0.1, -0.05) is 12.1 Å². The molecule has 0 aromatic heterocycles. The van der Waals surface area contributed by atoms with Crippen molar-refractivity contribution in [3.05, 3.63) is 29.8 Å². The summed E-state index contributed by atoms with van der Waals surface area (Å²) in [6.07, 6.45) is 1.33. The number of anilines is 1. The summed E-state index contributed by atoms with van der Waals surface area (Å²) in [5, 5.41) is 9.96. The second-order valence-corrected chi connectivity index (χ2v) is 2.02. The molecule has 10 heavy (non-hydrogen) atoms. The molecule has 0 radical (unpaired) electrons. The van der Waals surface area contributed by atoms with Crippen molar-refractivity contribution in [3.63, 3.8) is 0 Å². The Kier molecular flexibility index (Phi) is 2.05. The van der Waals surface area contributed by atoms with Gasteiger partial charge in [0.25, 0.3) is 0 Å². The molecule has 0 atom stereocenters. The topological polar surface area (TPSA) is 35.9 Å². The Morgan fingerprint density at radius 2 is 2.30 bits per heavy atom. The molecule has 1 aromatic rings. The second-order valence-electron chi connectivity index (χ2n) is 2.02. The summed E-state index contributed by atoms with van der Waals surface area (Å²) < 4.78 is 0. The third-order valence-corrected chi connectivity index (χ3v) is 1.34. The van der Waals surface area contributed by atoms with E-state index >= 15 is 0 Å². The Morgan fingerprint density at radius 3 is 2.90 bits per heavy atom. The molecule has 0 saturated heterocycles. The van der Waals surface area contributed by atoms with E-state index in [1.54, 1.807) is 0 Å². The van der Waals surface area contributed by atoms with Gasteiger partial charge in [-0.2, -0.15) is 0 Å². The molecular weight excluding hydrogens is 124 g/mol. The van der Waals surface area contributed by atoms with Gasteiger partial charge in [0.1, 0.15) is 0 Å². The van der Waals surface area contributed by atoms with E-state index in [0.29, 0.717) is 0 Å². The van der Waals surface area contributed by atoms with Crippen LogP contribution in [0.5, 0.6) is 0 Å². The highest BCUT2D eigenvalue weighted by atomic mass is 14.8. The van der Waals surface area contributed by atoms with Gasteiger partial charge in [0.15, 0.2) is 0 Å². The van der Waals surface area contributed by atoms with E-state index in [2.05, 4.69) is 5.32 Å². The summed E-state index contributed by atoms with van der Waals surface area (Å²) in [5.41, 5.74) is 1.97. The lowest BCUT2D eigenvalue weighted by Gasteiger charge is -1.98. The third kappa shape index (κ3) is 1.35. The molecule has 1 aromatic carbocycles. The Balaban J connectivity index is 2.98. The van der Waals surface area contributed by atoms with Crippen molar-refractivity contribution < 1.29 is 0 Å². The van der Waals surface area contributed by atoms with Crippen LogP contribution in [-0.4, -0.2) is 13.3 Å². The Hall–Kier alpha value is -1.31. The number of benzene rings is 1.